The van der Waals surface area contributed by atoms with Crippen molar-refractivity contribution in [1.82, 2.24) is 4.98 Å². The molecular weight excluding hydrogens is 232 g/mol. The fraction of sp³-hybridized carbons (Fsp3) is 0.538. The van der Waals surface area contributed by atoms with Crippen LogP contribution in [0.5, 0.6) is 0 Å². The van der Waals surface area contributed by atoms with E-state index in [1.54, 1.807) is 18.3 Å². The van der Waals surface area contributed by atoms with Gasteiger partial charge < -0.3 is 14.4 Å². The molecule has 0 unspecified atom stereocenters. The molecule has 5 nitrogen and oxygen atoms in total. The lowest BCUT2D eigenvalue weighted by molar-refractivity contribution is -0.00558. The first-order valence-electron chi connectivity index (χ1n) is 6.05. The van der Waals surface area contributed by atoms with Gasteiger partial charge in [0, 0.05) is 19.3 Å². The van der Waals surface area contributed by atoms with Gasteiger partial charge in [-0.25, -0.2) is 9.78 Å². The van der Waals surface area contributed by atoms with Gasteiger partial charge in [0.2, 0.25) is 0 Å². The number of hydrogen-bond donors (Lipinski definition) is 0. The van der Waals surface area contributed by atoms with Gasteiger partial charge in [-0.1, -0.05) is 0 Å². The zero-order valence-electron chi connectivity index (χ0n) is 10.9. The number of anilines is 1. The van der Waals surface area contributed by atoms with E-state index in [0.29, 0.717) is 11.4 Å². The third-order valence-electron chi connectivity index (χ3n) is 2.91. The zero-order chi connectivity index (χ0) is 13.1. The van der Waals surface area contributed by atoms with E-state index in [1.807, 2.05) is 13.8 Å². The molecule has 1 saturated heterocycles. The second-order valence-corrected chi connectivity index (χ2v) is 4.53. The van der Waals surface area contributed by atoms with Crippen molar-refractivity contribution in [3.8, 4) is 0 Å². The Morgan fingerprint density at radius 1 is 1.44 bits per heavy atom. The van der Waals surface area contributed by atoms with Crippen LogP contribution >= 0.6 is 0 Å². The summed E-state index contributed by atoms with van der Waals surface area (Å²) >= 11 is 0. The van der Waals surface area contributed by atoms with Gasteiger partial charge in [-0.05, 0) is 26.0 Å². The van der Waals surface area contributed by atoms with Gasteiger partial charge in [0.05, 0.1) is 19.3 Å². The number of carbonyl (C=O) groups excluding carboxylic acids is 1. The van der Waals surface area contributed by atoms with Crippen molar-refractivity contribution in [2.75, 3.05) is 25.1 Å². The summed E-state index contributed by atoms with van der Waals surface area (Å²) in [5.74, 6) is 0.316. The summed E-state index contributed by atoms with van der Waals surface area (Å²) in [6.45, 7) is 5.49. The number of nitrogens with zero attached hydrogens (tertiary/aromatic N) is 2. The molecule has 1 aliphatic rings. The molecule has 0 bridgehead atoms. The number of morpholine rings is 1. The van der Waals surface area contributed by atoms with Crippen LogP contribution in [-0.4, -0.2) is 43.4 Å². The summed E-state index contributed by atoms with van der Waals surface area (Å²) in [6.07, 6.45) is 1.94. The van der Waals surface area contributed by atoms with Gasteiger partial charge in [-0.2, -0.15) is 0 Å². The van der Waals surface area contributed by atoms with Gasteiger partial charge in [0.25, 0.3) is 0 Å². The molecule has 2 rings (SSSR count). The van der Waals surface area contributed by atoms with Gasteiger partial charge in [0.1, 0.15) is 11.4 Å². The molecule has 0 radical (unpaired) electrons. The Labute approximate surface area is 107 Å². The predicted molar refractivity (Wildman–Crippen MR) is 67.8 cm³/mol. The number of rotatable bonds is 2. The van der Waals surface area contributed by atoms with Gasteiger partial charge in [0.15, 0.2) is 0 Å². The Balaban J connectivity index is 2.29. The third kappa shape index (κ3) is 2.61. The van der Waals surface area contributed by atoms with Crippen molar-refractivity contribution in [3.05, 3.63) is 23.9 Å². The van der Waals surface area contributed by atoms with Gasteiger partial charge in [-0.15, -0.1) is 0 Å². The molecule has 98 valence electrons. The van der Waals surface area contributed by atoms with E-state index < -0.39 is 0 Å². The van der Waals surface area contributed by atoms with Crippen molar-refractivity contribution in [3.63, 3.8) is 0 Å². The Hall–Kier alpha value is -1.62. The standard InChI is InChI=1S/C13H18N2O3/c1-9-7-15(8-10(2)18-9)12-11(13(16)17-3)5-4-6-14-12/h4-6,9-10H,7-8H2,1-3H3/t9-,10+. The molecule has 1 aliphatic heterocycles. The van der Waals surface area contributed by atoms with E-state index in [1.165, 1.54) is 7.11 Å². The van der Waals surface area contributed by atoms with Crippen molar-refractivity contribution >= 4 is 11.8 Å². The van der Waals surface area contributed by atoms with Crippen LogP contribution in [-0.2, 0) is 9.47 Å². The maximum Gasteiger partial charge on any atom is 0.341 e. The molecule has 0 aromatic carbocycles. The van der Waals surface area contributed by atoms with E-state index in [2.05, 4.69) is 9.88 Å². The van der Waals surface area contributed by atoms with Crippen LogP contribution in [0.1, 0.15) is 24.2 Å². The molecule has 0 spiro atoms. The van der Waals surface area contributed by atoms with E-state index in [0.717, 1.165) is 13.1 Å². The lowest BCUT2D eigenvalue weighted by Crippen LogP contribution is -2.46. The number of pyridine rings is 1. The highest BCUT2D eigenvalue weighted by molar-refractivity contribution is 5.94. The Morgan fingerprint density at radius 3 is 2.72 bits per heavy atom. The normalized spacial score (nSPS) is 23.8. The molecule has 0 amide bonds. The molecule has 1 fully saturated rings. The molecule has 18 heavy (non-hydrogen) atoms. The lowest BCUT2D eigenvalue weighted by atomic mass is 10.2. The highest BCUT2D eigenvalue weighted by Crippen LogP contribution is 2.22. The van der Waals surface area contributed by atoms with Crippen LogP contribution in [0.25, 0.3) is 0 Å². The van der Waals surface area contributed by atoms with Crippen LogP contribution < -0.4 is 4.90 Å². The summed E-state index contributed by atoms with van der Waals surface area (Å²) in [5.41, 5.74) is 0.501. The number of carbonyl (C=O) groups is 1. The molecule has 5 heteroatoms. The number of ether oxygens (including phenoxy) is 2. The van der Waals surface area contributed by atoms with E-state index in [-0.39, 0.29) is 18.2 Å². The minimum absolute atomic E-state index is 0.126. The van der Waals surface area contributed by atoms with E-state index in [4.69, 9.17) is 9.47 Å². The zero-order valence-corrected chi connectivity index (χ0v) is 10.9. The van der Waals surface area contributed by atoms with Crippen LogP contribution in [0, 0.1) is 0 Å². The summed E-state index contributed by atoms with van der Waals surface area (Å²) in [5, 5.41) is 0. The largest absolute Gasteiger partial charge is 0.465 e. The summed E-state index contributed by atoms with van der Waals surface area (Å²) in [4.78, 5) is 18.1. The van der Waals surface area contributed by atoms with Crippen molar-refractivity contribution in [2.45, 2.75) is 26.1 Å². The Bertz CT molecular complexity index is 426. The highest BCUT2D eigenvalue weighted by Gasteiger charge is 2.26. The molecule has 2 heterocycles. The topological polar surface area (TPSA) is 51.7 Å². The maximum atomic E-state index is 11.7. The highest BCUT2D eigenvalue weighted by atomic mass is 16.5. The van der Waals surface area contributed by atoms with Crippen molar-refractivity contribution in [1.29, 1.82) is 0 Å². The second kappa shape index (κ2) is 5.35. The minimum Gasteiger partial charge on any atom is -0.465 e. The molecule has 0 aliphatic carbocycles. The van der Waals surface area contributed by atoms with E-state index >= 15 is 0 Å². The molecule has 2 atom stereocenters. The smallest absolute Gasteiger partial charge is 0.341 e. The fourth-order valence-corrected chi connectivity index (χ4v) is 2.27. The monoisotopic (exact) mass is 250 g/mol. The maximum absolute atomic E-state index is 11.7. The Morgan fingerprint density at radius 2 is 2.11 bits per heavy atom. The molecule has 1 aromatic rings. The average Bonchev–Trinajstić information content (AvgIpc) is 2.36. The average molecular weight is 250 g/mol. The molecular formula is C13H18N2O3. The van der Waals surface area contributed by atoms with Crippen LogP contribution in [0.2, 0.25) is 0 Å². The summed E-state index contributed by atoms with van der Waals surface area (Å²) in [7, 11) is 1.38. The lowest BCUT2D eigenvalue weighted by Gasteiger charge is -2.36. The molecule has 1 aromatic heterocycles. The minimum atomic E-state index is -0.357. The number of esters is 1. The third-order valence-corrected chi connectivity index (χ3v) is 2.91. The van der Waals surface area contributed by atoms with E-state index in [9.17, 15) is 4.79 Å². The molecule has 0 N–H and O–H groups in total. The van der Waals surface area contributed by atoms with Crippen LogP contribution in [0.3, 0.4) is 0 Å². The van der Waals surface area contributed by atoms with Crippen molar-refractivity contribution in [2.24, 2.45) is 0 Å². The first-order valence-corrected chi connectivity index (χ1v) is 6.05. The van der Waals surface area contributed by atoms with Crippen molar-refractivity contribution < 1.29 is 14.3 Å². The summed E-state index contributed by atoms with van der Waals surface area (Å²) in [6, 6.07) is 3.47. The van der Waals surface area contributed by atoms with Crippen LogP contribution in [0.15, 0.2) is 18.3 Å². The predicted octanol–water partition coefficient (Wildman–Crippen LogP) is 1.48. The SMILES string of the molecule is COC(=O)c1cccnc1N1C[C@@H](C)O[C@@H](C)C1. The quantitative estimate of drug-likeness (QED) is 0.744. The summed E-state index contributed by atoms with van der Waals surface area (Å²) < 4.78 is 10.5. The fourth-order valence-electron chi connectivity index (χ4n) is 2.27. The number of hydrogen-bond acceptors (Lipinski definition) is 5. The first-order chi connectivity index (χ1) is 8.61. The first kappa shape index (κ1) is 12.8. The number of methoxy groups -OCH3 is 1. The second-order valence-electron chi connectivity index (χ2n) is 4.53. The van der Waals surface area contributed by atoms with Crippen LogP contribution in [0.4, 0.5) is 5.82 Å². The Kier molecular flexibility index (Phi) is 3.81. The van der Waals surface area contributed by atoms with Gasteiger partial charge in [-0.3, -0.25) is 0 Å². The number of aromatic nitrogens is 1. The van der Waals surface area contributed by atoms with Gasteiger partial charge >= 0.3 is 5.97 Å². The molecule has 0 saturated carbocycles.